The van der Waals surface area contributed by atoms with Gasteiger partial charge in [0.25, 0.3) is 0 Å². The fraction of sp³-hybridized carbons (Fsp3) is 0.429. The van der Waals surface area contributed by atoms with Crippen LogP contribution in [0.5, 0.6) is 0 Å². The van der Waals surface area contributed by atoms with Crippen molar-refractivity contribution in [3.8, 4) is 0 Å². The lowest BCUT2D eigenvalue weighted by atomic mass is 10.0. The second-order valence-electron chi connectivity index (χ2n) is 6.75. The summed E-state index contributed by atoms with van der Waals surface area (Å²) in [5.41, 5.74) is 1.40. The number of amides is 1. The van der Waals surface area contributed by atoms with E-state index in [-0.39, 0.29) is 11.9 Å². The maximum Gasteiger partial charge on any atom is 0.230 e. The topological polar surface area (TPSA) is 45.2 Å². The third kappa shape index (κ3) is 6.46. The van der Waals surface area contributed by atoms with Crippen molar-refractivity contribution in [3.05, 3.63) is 60.3 Å². The number of pyridine rings is 1. The summed E-state index contributed by atoms with van der Waals surface area (Å²) in [4.78, 5) is 18.9. The van der Waals surface area contributed by atoms with Crippen molar-refractivity contribution in [1.29, 1.82) is 0 Å². The number of aromatic nitrogens is 1. The van der Waals surface area contributed by atoms with Crippen molar-refractivity contribution >= 4 is 17.7 Å². The molecule has 1 N–H and O–H groups in total. The van der Waals surface area contributed by atoms with Crippen molar-refractivity contribution in [3.63, 3.8) is 0 Å². The van der Waals surface area contributed by atoms with Gasteiger partial charge in [0.15, 0.2) is 0 Å². The molecule has 2 heterocycles. The summed E-state index contributed by atoms with van der Waals surface area (Å²) < 4.78 is 0. The number of carbonyl (C=O) groups excluding carboxylic acids is 1. The third-order valence-electron chi connectivity index (χ3n) is 4.64. The molecule has 0 saturated carbocycles. The van der Waals surface area contributed by atoms with Crippen LogP contribution in [0.1, 0.15) is 24.8 Å². The lowest BCUT2D eigenvalue weighted by molar-refractivity contribution is -0.119. The molecule has 4 nitrogen and oxygen atoms in total. The molecule has 0 radical (unpaired) electrons. The van der Waals surface area contributed by atoms with Gasteiger partial charge in [-0.05, 0) is 56.5 Å². The highest BCUT2D eigenvalue weighted by atomic mass is 32.2. The van der Waals surface area contributed by atoms with Crippen molar-refractivity contribution < 1.29 is 4.79 Å². The summed E-state index contributed by atoms with van der Waals surface area (Å²) in [5.74, 6) is 0.540. The van der Waals surface area contributed by atoms with Crippen LogP contribution in [-0.4, -0.2) is 47.2 Å². The molecule has 0 aliphatic carbocycles. The predicted molar refractivity (Wildman–Crippen MR) is 107 cm³/mol. The van der Waals surface area contributed by atoms with Crippen LogP contribution in [0.4, 0.5) is 0 Å². The van der Waals surface area contributed by atoms with E-state index in [4.69, 9.17) is 0 Å². The van der Waals surface area contributed by atoms with Crippen LogP contribution in [0.25, 0.3) is 0 Å². The van der Waals surface area contributed by atoms with Crippen LogP contribution in [0, 0.1) is 0 Å². The molecule has 1 aliphatic heterocycles. The highest BCUT2D eigenvalue weighted by Gasteiger charge is 2.21. The molecule has 0 spiro atoms. The van der Waals surface area contributed by atoms with Crippen LogP contribution < -0.4 is 5.32 Å². The van der Waals surface area contributed by atoms with Crippen molar-refractivity contribution in [2.75, 3.05) is 25.4 Å². The molecule has 1 atom stereocenters. The Labute approximate surface area is 160 Å². The number of rotatable bonds is 8. The van der Waals surface area contributed by atoms with Gasteiger partial charge in [-0.25, -0.2) is 4.98 Å². The fourth-order valence-corrected chi connectivity index (χ4v) is 4.04. The van der Waals surface area contributed by atoms with Gasteiger partial charge in [0, 0.05) is 18.8 Å². The minimum atomic E-state index is 0.108. The van der Waals surface area contributed by atoms with Gasteiger partial charge in [0.05, 0.1) is 10.8 Å². The summed E-state index contributed by atoms with van der Waals surface area (Å²) in [6.07, 6.45) is 6.28. The number of nitrogens with one attached hydrogen (secondary N) is 1. The van der Waals surface area contributed by atoms with Crippen molar-refractivity contribution in [2.24, 2.45) is 0 Å². The molecule has 5 heteroatoms. The number of likely N-dealkylation sites (tertiary alicyclic amines) is 1. The Morgan fingerprint density at radius 3 is 2.85 bits per heavy atom. The van der Waals surface area contributed by atoms with Gasteiger partial charge in [0.1, 0.15) is 0 Å². The van der Waals surface area contributed by atoms with Crippen LogP contribution in [0.3, 0.4) is 0 Å². The van der Waals surface area contributed by atoms with E-state index in [1.165, 1.54) is 23.7 Å². The second-order valence-corrected chi connectivity index (χ2v) is 7.75. The van der Waals surface area contributed by atoms with E-state index >= 15 is 0 Å². The Hall–Kier alpha value is -1.85. The first-order valence-electron chi connectivity index (χ1n) is 9.39. The number of thioether (sulfide) groups is 1. The second kappa shape index (κ2) is 10.3. The summed E-state index contributed by atoms with van der Waals surface area (Å²) in [5, 5.41) is 4.10. The van der Waals surface area contributed by atoms with Crippen LogP contribution in [0.2, 0.25) is 0 Å². The molecule has 1 aromatic heterocycles. The largest absolute Gasteiger partial charge is 0.351 e. The minimum absolute atomic E-state index is 0.108. The monoisotopic (exact) mass is 369 g/mol. The van der Waals surface area contributed by atoms with Gasteiger partial charge < -0.3 is 10.2 Å². The van der Waals surface area contributed by atoms with Crippen LogP contribution in [0.15, 0.2) is 59.8 Å². The van der Waals surface area contributed by atoms with Gasteiger partial charge in [0.2, 0.25) is 5.91 Å². The number of hydrogen-bond donors (Lipinski definition) is 1. The lowest BCUT2D eigenvalue weighted by Crippen LogP contribution is -2.48. The number of aryl methyl sites for hydroxylation is 1. The lowest BCUT2D eigenvalue weighted by Gasteiger charge is -2.33. The molecule has 0 bridgehead atoms. The van der Waals surface area contributed by atoms with Crippen molar-refractivity contribution in [2.45, 2.75) is 36.8 Å². The number of benzene rings is 1. The molecular formula is C21H27N3OS. The molecule has 1 aromatic carbocycles. The molecular weight excluding hydrogens is 342 g/mol. The summed E-state index contributed by atoms with van der Waals surface area (Å²) in [6.45, 7) is 3.21. The zero-order valence-electron chi connectivity index (χ0n) is 15.1. The first kappa shape index (κ1) is 18.9. The molecule has 1 saturated heterocycles. The molecule has 26 heavy (non-hydrogen) atoms. The average Bonchev–Trinajstić information content (AvgIpc) is 2.68. The molecule has 1 amide bonds. The number of carbonyl (C=O) groups is 1. The maximum atomic E-state index is 12.2. The normalized spacial score (nSPS) is 17.8. The van der Waals surface area contributed by atoms with Gasteiger partial charge in [-0.15, -0.1) is 0 Å². The summed E-state index contributed by atoms with van der Waals surface area (Å²) in [7, 11) is 0. The molecule has 3 rings (SSSR count). The highest BCUT2D eigenvalue weighted by molar-refractivity contribution is 7.99. The first-order valence-corrected chi connectivity index (χ1v) is 10.4. The maximum absolute atomic E-state index is 12.2. The molecule has 1 aliphatic rings. The Morgan fingerprint density at radius 2 is 2.04 bits per heavy atom. The van der Waals surface area contributed by atoms with E-state index in [0.29, 0.717) is 5.75 Å². The SMILES string of the molecule is O=C(CSc1ccccn1)N[C@@H]1CCCN(CCCc2ccccc2)C1. The van der Waals surface area contributed by atoms with E-state index < -0.39 is 0 Å². The molecule has 1 fully saturated rings. The van der Waals surface area contributed by atoms with E-state index in [0.717, 1.165) is 43.9 Å². The van der Waals surface area contributed by atoms with Gasteiger partial charge in [-0.1, -0.05) is 48.2 Å². The van der Waals surface area contributed by atoms with E-state index in [2.05, 4.69) is 45.5 Å². The van der Waals surface area contributed by atoms with E-state index in [1.807, 2.05) is 18.2 Å². The van der Waals surface area contributed by atoms with Crippen LogP contribution >= 0.6 is 11.8 Å². The Balaban J connectivity index is 1.35. The highest BCUT2D eigenvalue weighted by Crippen LogP contribution is 2.15. The standard InChI is InChI=1S/C21H27N3OS/c25-20(17-26-21-12-4-5-13-22-21)23-19-11-7-15-24(16-19)14-6-10-18-8-2-1-3-9-18/h1-5,8-9,12-13,19H,6-7,10-11,14-17H2,(H,23,25)/t19-/m1/s1. The Morgan fingerprint density at radius 1 is 1.19 bits per heavy atom. The number of hydrogen-bond acceptors (Lipinski definition) is 4. The zero-order valence-corrected chi connectivity index (χ0v) is 16.0. The average molecular weight is 370 g/mol. The predicted octanol–water partition coefficient (Wildman–Crippen LogP) is 3.39. The summed E-state index contributed by atoms with van der Waals surface area (Å²) >= 11 is 1.49. The third-order valence-corrected chi connectivity index (χ3v) is 5.59. The van der Waals surface area contributed by atoms with Crippen LogP contribution in [-0.2, 0) is 11.2 Å². The molecule has 2 aromatic rings. The smallest absolute Gasteiger partial charge is 0.230 e. The quantitative estimate of drug-likeness (QED) is 0.725. The van der Waals surface area contributed by atoms with E-state index in [1.54, 1.807) is 6.20 Å². The van der Waals surface area contributed by atoms with Gasteiger partial charge in [-0.2, -0.15) is 0 Å². The van der Waals surface area contributed by atoms with Gasteiger partial charge in [-0.3, -0.25) is 4.79 Å². The number of nitrogens with zero attached hydrogens (tertiary/aromatic N) is 2. The van der Waals surface area contributed by atoms with Crippen molar-refractivity contribution in [1.82, 2.24) is 15.2 Å². The molecule has 138 valence electrons. The Kier molecular flexibility index (Phi) is 7.52. The van der Waals surface area contributed by atoms with Gasteiger partial charge >= 0.3 is 0 Å². The Bertz CT molecular complexity index is 665. The number of piperidine rings is 1. The first-order chi connectivity index (χ1) is 12.8. The van der Waals surface area contributed by atoms with E-state index in [9.17, 15) is 4.79 Å². The summed E-state index contributed by atoms with van der Waals surface area (Å²) in [6, 6.07) is 16.7. The molecule has 0 unspecified atom stereocenters. The zero-order chi connectivity index (χ0) is 18.0. The minimum Gasteiger partial charge on any atom is -0.351 e. The fourth-order valence-electron chi connectivity index (χ4n) is 3.37.